The fraction of sp³-hybridized carbons (Fsp3) is 0.133. The molecule has 19 heavy (non-hydrogen) atoms. The summed E-state index contributed by atoms with van der Waals surface area (Å²) in [6, 6.07) is 15.8. The van der Waals surface area contributed by atoms with E-state index in [-0.39, 0.29) is 5.91 Å². The zero-order valence-electron chi connectivity index (χ0n) is 10.2. The molecule has 0 radical (unpaired) electrons. The van der Waals surface area contributed by atoms with Gasteiger partial charge in [-0.3, -0.25) is 4.79 Å². The molecule has 2 rings (SSSR count). The van der Waals surface area contributed by atoms with Crippen LogP contribution in [-0.4, -0.2) is 5.91 Å². The van der Waals surface area contributed by atoms with Crippen LogP contribution in [0.4, 0.5) is 0 Å². The first-order valence-corrected chi connectivity index (χ1v) is 8.07. The van der Waals surface area contributed by atoms with Crippen LogP contribution in [0.5, 0.6) is 0 Å². The van der Waals surface area contributed by atoms with Crippen molar-refractivity contribution in [1.29, 1.82) is 0 Å². The highest BCUT2D eigenvalue weighted by atomic mass is 127. The number of benzene rings is 2. The molecule has 0 aliphatic rings. The van der Waals surface area contributed by atoms with Gasteiger partial charge in [-0.05, 0) is 45.9 Å². The van der Waals surface area contributed by atoms with Crippen LogP contribution in [0, 0.1) is 3.57 Å². The molecule has 0 fully saturated rings. The van der Waals surface area contributed by atoms with Crippen LogP contribution in [-0.2, 0) is 11.9 Å². The van der Waals surface area contributed by atoms with Crippen molar-refractivity contribution in [3.63, 3.8) is 0 Å². The maximum atomic E-state index is 12.0. The summed E-state index contributed by atoms with van der Waals surface area (Å²) in [4.78, 5) is 12.0. The lowest BCUT2D eigenvalue weighted by atomic mass is 10.1. The summed E-state index contributed by atoms with van der Waals surface area (Å²) in [5.41, 5.74) is 3.05. The zero-order valence-corrected chi connectivity index (χ0v) is 13.9. The summed E-state index contributed by atoms with van der Waals surface area (Å²) in [6.45, 7) is 0.548. The second kappa shape index (κ2) is 7.05. The van der Waals surface area contributed by atoms with E-state index in [1.165, 1.54) is 5.56 Å². The number of rotatable bonds is 4. The molecule has 98 valence electrons. The Labute approximate surface area is 134 Å². The molecule has 1 amide bonds. The smallest absolute Gasteiger partial charge is 0.252 e. The first kappa shape index (κ1) is 14.5. The number of amides is 1. The molecule has 4 heteroatoms. The standard InChI is InChI=1S/C15H13BrINO/c16-9-11-5-7-12(8-6-11)10-18-15(19)13-3-1-2-4-14(13)17/h1-8H,9-10H2,(H,18,19). The van der Waals surface area contributed by atoms with Gasteiger partial charge in [0.05, 0.1) is 5.56 Å². The summed E-state index contributed by atoms with van der Waals surface area (Å²) in [5, 5.41) is 3.79. The number of nitrogens with one attached hydrogen (secondary N) is 1. The maximum absolute atomic E-state index is 12.0. The Bertz CT molecular complexity index is 569. The van der Waals surface area contributed by atoms with E-state index in [1.54, 1.807) is 0 Å². The second-order valence-electron chi connectivity index (χ2n) is 4.11. The SMILES string of the molecule is O=C(NCc1ccc(CBr)cc1)c1ccccc1I. The molecule has 0 spiro atoms. The first-order chi connectivity index (χ1) is 9.20. The van der Waals surface area contributed by atoms with Crippen molar-refractivity contribution in [2.75, 3.05) is 0 Å². The molecule has 1 N–H and O–H groups in total. The molecule has 2 aromatic carbocycles. The number of carbonyl (C=O) groups is 1. The lowest BCUT2D eigenvalue weighted by Gasteiger charge is -2.07. The molecule has 0 atom stereocenters. The van der Waals surface area contributed by atoms with Crippen molar-refractivity contribution < 1.29 is 4.79 Å². The zero-order chi connectivity index (χ0) is 13.7. The van der Waals surface area contributed by atoms with Gasteiger partial charge in [-0.2, -0.15) is 0 Å². The number of halogens is 2. The maximum Gasteiger partial charge on any atom is 0.252 e. The fourth-order valence-electron chi connectivity index (χ4n) is 1.67. The Morgan fingerprint density at radius 1 is 1.05 bits per heavy atom. The van der Waals surface area contributed by atoms with Gasteiger partial charge in [0.2, 0.25) is 0 Å². The van der Waals surface area contributed by atoms with Crippen molar-refractivity contribution in [3.05, 3.63) is 68.8 Å². The van der Waals surface area contributed by atoms with E-state index < -0.39 is 0 Å². The Morgan fingerprint density at radius 3 is 2.32 bits per heavy atom. The Morgan fingerprint density at radius 2 is 1.68 bits per heavy atom. The molecule has 0 aromatic heterocycles. The van der Waals surface area contributed by atoms with Crippen molar-refractivity contribution in [2.24, 2.45) is 0 Å². The quantitative estimate of drug-likeness (QED) is 0.575. The average Bonchev–Trinajstić information content (AvgIpc) is 2.46. The largest absolute Gasteiger partial charge is 0.348 e. The molecule has 0 aliphatic carbocycles. The van der Waals surface area contributed by atoms with E-state index >= 15 is 0 Å². The molecule has 0 saturated heterocycles. The third kappa shape index (κ3) is 4.04. The summed E-state index contributed by atoms with van der Waals surface area (Å²) in [5.74, 6) is -0.0328. The predicted octanol–water partition coefficient (Wildman–Crippen LogP) is 4.12. The number of hydrogen-bond donors (Lipinski definition) is 1. The third-order valence-corrected chi connectivity index (χ3v) is 4.34. The van der Waals surface area contributed by atoms with Crippen molar-refractivity contribution >= 4 is 44.4 Å². The molecular formula is C15H13BrINO. The lowest BCUT2D eigenvalue weighted by molar-refractivity contribution is 0.0950. The molecule has 2 aromatic rings. The highest BCUT2D eigenvalue weighted by Crippen LogP contribution is 2.12. The van der Waals surface area contributed by atoms with Gasteiger partial charge < -0.3 is 5.32 Å². The van der Waals surface area contributed by atoms with Gasteiger partial charge in [0.15, 0.2) is 0 Å². The molecule has 0 unspecified atom stereocenters. The van der Waals surface area contributed by atoms with Crippen molar-refractivity contribution in [1.82, 2.24) is 5.32 Å². The van der Waals surface area contributed by atoms with Gasteiger partial charge in [-0.25, -0.2) is 0 Å². The highest BCUT2D eigenvalue weighted by Gasteiger charge is 2.08. The van der Waals surface area contributed by atoms with Gasteiger partial charge in [0, 0.05) is 15.4 Å². The highest BCUT2D eigenvalue weighted by molar-refractivity contribution is 14.1. The molecule has 0 heterocycles. The van der Waals surface area contributed by atoms with Crippen LogP contribution in [0.1, 0.15) is 21.5 Å². The van der Waals surface area contributed by atoms with E-state index in [9.17, 15) is 4.79 Å². The number of carbonyl (C=O) groups excluding carboxylic acids is 1. The van der Waals surface area contributed by atoms with Crippen LogP contribution in [0.3, 0.4) is 0 Å². The monoisotopic (exact) mass is 429 g/mol. The normalized spacial score (nSPS) is 10.2. The molecular weight excluding hydrogens is 417 g/mol. The van der Waals surface area contributed by atoms with E-state index in [0.29, 0.717) is 6.54 Å². The van der Waals surface area contributed by atoms with Gasteiger partial charge in [-0.1, -0.05) is 52.3 Å². The summed E-state index contributed by atoms with van der Waals surface area (Å²) < 4.78 is 0.965. The van der Waals surface area contributed by atoms with Crippen molar-refractivity contribution in [2.45, 2.75) is 11.9 Å². The van der Waals surface area contributed by atoms with Crippen LogP contribution < -0.4 is 5.32 Å². The molecule has 2 nitrogen and oxygen atoms in total. The van der Waals surface area contributed by atoms with Crippen molar-refractivity contribution in [3.8, 4) is 0 Å². The first-order valence-electron chi connectivity index (χ1n) is 5.87. The Kier molecular flexibility index (Phi) is 5.39. The van der Waals surface area contributed by atoms with Gasteiger partial charge >= 0.3 is 0 Å². The summed E-state index contributed by atoms with van der Waals surface area (Å²) in [6.07, 6.45) is 0. The Balaban J connectivity index is 1.98. The fourth-order valence-corrected chi connectivity index (χ4v) is 2.68. The lowest BCUT2D eigenvalue weighted by Crippen LogP contribution is -2.23. The molecule has 0 aliphatic heterocycles. The summed E-state index contributed by atoms with van der Waals surface area (Å²) >= 11 is 5.59. The Hall–Kier alpha value is -0.880. The van der Waals surface area contributed by atoms with Gasteiger partial charge in [-0.15, -0.1) is 0 Å². The van der Waals surface area contributed by atoms with Crippen LogP contribution in [0.15, 0.2) is 48.5 Å². The van der Waals surface area contributed by atoms with Gasteiger partial charge in [0.1, 0.15) is 0 Å². The minimum Gasteiger partial charge on any atom is -0.348 e. The van der Waals surface area contributed by atoms with Crippen LogP contribution >= 0.6 is 38.5 Å². The third-order valence-electron chi connectivity index (χ3n) is 2.75. The number of hydrogen-bond acceptors (Lipinski definition) is 1. The minimum absolute atomic E-state index is 0.0328. The van der Waals surface area contributed by atoms with Gasteiger partial charge in [0.25, 0.3) is 5.91 Å². The van der Waals surface area contributed by atoms with Crippen LogP contribution in [0.2, 0.25) is 0 Å². The molecule has 0 saturated carbocycles. The summed E-state index contributed by atoms with van der Waals surface area (Å²) in [7, 11) is 0. The predicted molar refractivity (Wildman–Crippen MR) is 89.4 cm³/mol. The molecule has 0 bridgehead atoms. The van der Waals surface area contributed by atoms with Crippen LogP contribution in [0.25, 0.3) is 0 Å². The van der Waals surface area contributed by atoms with E-state index in [4.69, 9.17) is 0 Å². The average molecular weight is 430 g/mol. The topological polar surface area (TPSA) is 29.1 Å². The van der Waals surface area contributed by atoms with E-state index in [0.717, 1.165) is 20.0 Å². The van der Waals surface area contributed by atoms with E-state index in [1.807, 2.05) is 36.4 Å². The van der Waals surface area contributed by atoms with E-state index in [2.05, 4.69) is 56.0 Å². The number of alkyl halides is 1. The second-order valence-corrected chi connectivity index (χ2v) is 5.84. The minimum atomic E-state index is -0.0328.